The summed E-state index contributed by atoms with van der Waals surface area (Å²) in [6.45, 7) is 2.67. The Hall–Kier alpha value is -2.68. The van der Waals surface area contributed by atoms with Crippen LogP contribution in [0.25, 0.3) is 0 Å². The zero-order chi connectivity index (χ0) is 17.9. The zero-order valence-corrected chi connectivity index (χ0v) is 14.5. The minimum atomic E-state index is -0.411. The number of carbonyl (C=O) groups excluding carboxylic acids is 1. The number of nitrogen functional groups attached to an aromatic ring is 1. The Morgan fingerprint density at radius 1 is 1.25 bits per heavy atom. The maximum Gasteiger partial charge on any atom is 0.341 e. The van der Waals surface area contributed by atoms with Crippen molar-refractivity contribution in [1.29, 1.82) is 0 Å². The number of rotatable bonds is 6. The molecule has 0 unspecified atom stereocenters. The first-order valence-corrected chi connectivity index (χ1v) is 7.34. The minimum Gasteiger partial charge on any atom is -0.465 e. The predicted octanol–water partition coefficient (Wildman–Crippen LogP) is 0.840. The number of esters is 1. The molecule has 0 amide bonds. The van der Waals surface area contributed by atoms with E-state index in [9.17, 15) is 4.79 Å². The van der Waals surface area contributed by atoms with Gasteiger partial charge in [0.25, 0.3) is 0 Å². The Bertz CT molecular complexity index is 728. The lowest BCUT2D eigenvalue weighted by molar-refractivity contribution is 0.0599. The van der Waals surface area contributed by atoms with Gasteiger partial charge in [-0.3, -0.25) is 4.90 Å². The third kappa shape index (κ3) is 4.19. The summed E-state index contributed by atoms with van der Waals surface area (Å²) < 4.78 is 10.3. The highest BCUT2D eigenvalue weighted by atomic mass is 16.5. The van der Waals surface area contributed by atoms with Gasteiger partial charge in [-0.25, -0.2) is 4.79 Å². The first-order chi connectivity index (χ1) is 11.3. The second kappa shape index (κ2) is 7.26. The lowest BCUT2D eigenvalue weighted by Crippen LogP contribution is -2.21. The van der Waals surface area contributed by atoms with E-state index in [0.717, 1.165) is 0 Å². The van der Waals surface area contributed by atoms with Crippen molar-refractivity contribution in [3.63, 3.8) is 0 Å². The van der Waals surface area contributed by atoms with Crippen LogP contribution >= 0.6 is 0 Å². The molecule has 130 valence electrons. The number of hydrogen-bond acceptors (Lipinski definition) is 9. The van der Waals surface area contributed by atoms with E-state index in [0.29, 0.717) is 41.9 Å². The van der Waals surface area contributed by atoms with Gasteiger partial charge < -0.3 is 19.8 Å². The minimum absolute atomic E-state index is 0.180. The van der Waals surface area contributed by atoms with Gasteiger partial charge >= 0.3 is 5.97 Å². The SMILES string of the molecule is COC(=O)c1cc(CN(C)Cc2nc(N)nc(N(C)C)n2)oc1C. The average Bonchev–Trinajstić information content (AvgIpc) is 2.86. The maximum absolute atomic E-state index is 11.6. The summed E-state index contributed by atoms with van der Waals surface area (Å²) in [5.74, 6) is 2.03. The number of ether oxygens (including phenoxy) is 1. The molecule has 0 saturated carbocycles. The van der Waals surface area contributed by atoms with E-state index < -0.39 is 5.97 Å². The number of aryl methyl sites for hydroxylation is 1. The number of aromatic nitrogens is 3. The van der Waals surface area contributed by atoms with Gasteiger partial charge in [-0.1, -0.05) is 0 Å². The summed E-state index contributed by atoms with van der Waals surface area (Å²) in [6, 6.07) is 1.69. The molecule has 2 heterocycles. The second-order valence-corrected chi connectivity index (χ2v) is 5.65. The molecule has 0 aromatic carbocycles. The smallest absolute Gasteiger partial charge is 0.341 e. The zero-order valence-electron chi connectivity index (χ0n) is 14.5. The van der Waals surface area contributed by atoms with Crippen LogP contribution in [0.15, 0.2) is 10.5 Å². The van der Waals surface area contributed by atoms with Crippen molar-refractivity contribution in [3.05, 3.63) is 29.0 Å². The van der Waals surface area contributed by atoms with Crippen LogP contribution in [0.1, 0.15) is 27.7 Å². The van der Waals surface area contributed by atoms with Crippen molar-refractivity contribution >= 4 is 17.9 Å². The summed E-state index contributed by atoms with van der Waals surface area (Å²) in [4.78, 5) is 27.9. The Kier molecular flexibility index (Phi) is 5.35. The predicted molar refractivity (Wildman–Crippen MR) is 88.5 cm³/mol. The number of anilines is 2. The number of carbonyl (C=O) groups is 1. The van der Waals surface area contributed by atoms with Crippen molar-refractivity contribution in [2.45, 2.75) is 20.0 Å². The van der Waals surface area contributed by atoms with E-state index in [1.165, 1.54) is 7.11 Å². The molecule has 24 heavy (non-hydrogen) atoms. The second-order valence-electron chi connectivity index (χ2n) is 5.65. The van der Waals surface area contributed by atoms with Gasteiger partial charge in [0.15, 0.2) is 0 Å². The van der Waals surface area contributed by atoms with E-state index >= 15 is 0 Å². The third-order valence-electron chi connectivity index (χ3n) is 3.30. The number of nitrogens with zero attached hydrogens (tertiary/aromatic N) is 5. The normalized spacial score (nSPS) is 10.9. The fourth-order valence-electron chi connectivity index (χ4n) is 2.19. The van der Waals surface area contributed by atoms with Crippen LogP contribution in [0, 0.1) is 6.92 Å². The molecular weight excluding hydrogens is 312 g/mol. The molecular formula is C15H22N6O3. The number of furan rings is 1. The third-order valence-corrected chi connectivity index (χ3v) is 3.30. The molecule has 2 aromatic rings. The van der Waals surface area contributed by atoms with Crippen LogP contribution in [-0.2, 0) is 17.8 Å². The van der Waals surface area contributed by atoms with Crippen molar-refractivity contribution in [3.8, 4) is 0 Å². The molecule has 2 N–H and O–H groups in total. The average molecular weight is 334 g/mol. The van der Waals surface area contributed by atoms with Gasteiger partial charge in [-0.2, -0.15) is 15.0 Å². The molecule has 0 saturated heterocycles. The molecule has 0 radical (unpaired) electrons. The first-order valence-electron chi connectivity index (χ1n) is 7.34. The largest absolute Gasteiger partial charge is 0.465 e. The number of hydrogen-bond donors (Lipinski definition) is 1. The van der Waals surface area contributed by atoms with Gasteiger partial charge in [0.1, 0.15) is 22.9 Å². The molecule has 2 aromatic heterocycles. The van der Waals surface area contributed by atoms with Gasteiger partial charge in [-0.05, 0) is 20.0 Å². The van der Waals surface area contributed by atoms with E-state index in [1.807, 2.05) is 26.0 Å². The standard InChI is InChI=1S/C15H22N6O3/c1-9-11(13(22)23-5)6-10(24-9)7-21(4)8-12-17-14(16)19-15(18-12)20(2)3/h6H,7-8H2,1-5H3,(H2,16,17,18,19). The summed E-state index contributed by atoms with van der Waals surface area (Å²) in [7, 11) is 6.91. The molecule has 0 aliphatic carbocycles. The van der Waals surface area contributed by atoms with E-state index in [2.05, 4.69) is 15.0 Å². The highest BCUT2D eigenvalue weighted by molar-refractivity contribution is 5.90. The Morgan fingerprint density at radius 2 is 1.96 bits per heavy atom. The van der Waals surface area contributed by atoms with Crippen molar-refractivity contribution in [2.24, 2.45) is 0 Å². The lowest BCUT2D eigenvalue weighted by Gasteiger charge is -2.16. The summed E-state index contributed by atoms with van der Waals surface area (Å²) >= 11 is 0. The highest BCUT2D eigenvalue weighted by Crippen LogP contribution is 2.17. The monoisotopic (exact) mass is 334 g/mol. The molecule has 0 atom stereocenters. The Labute approximate surface area is 140 Å². The van der Waals surface area contributed by atoms with Crippen molar-refractivity contribution in [2.75, 3.05) is 38.9 Å². The molecule has 0 aliphatic rings. The van der Waals surface area contributed by atoms with Crippen molar-refractivity contribution in [1.82, 2.24) is 19.9 Å². The number of methoxy groups -OCH3 is 1. The fourth-order valence-corrected chi connectivity index (χ4v) is 2.19. The molecule has 2 rings (SSSR count). The van der Waals surface area contributed by atoms with Crippen LogP contribution in [0.4, 0.5) is 11.9 Å². The van der Waals surface area contributed by atoms with Crippen LogP contribution in [0.5, 0.6) is 0 Å². The molecule has 0 bridgehead atoms. The number of nitrogens with two attached hydrogens (primary N) is 1. The molecule has 9 heteroatoms. The van der Waals surface area contributed by atoms with Gasteiger partial charge in [0, 0.05) is 14.1 Å². The molecule has 0 aliphatic heterocycles. The Morgan fingerprint density at radius 3 is 2.58 bits per heavy atom. The van der Waals surface area contributed by atoms with Crippen LogP contribution in [-0.4, -0.2) is 54.1 Å². The summed E-state index contributed by atoms with van der Waals surface area (Å²) in [5.41, 5.74) is 6.15. The maximum atomic E-state index is 11.6. The molecule has 0 spiro atoms. The quantitative estimate of drug-likeness (QED) is 0.768. The Balaban J connectivity index is 2.08. The van der Waals surface area contributed by atoms with Gasteiger partial charge in [0.05, 0.1) is 20.2 Å². The van der Waals surface area contributed by atoms with Crippen LogP contribution < -0.4 is 10.6 Å². The highest BCUT2D eigenvalue weighted by Gasteiger charge is 2.17. The molecule has 9 nitrogen and oxygen atoms in total. The van der Waals surface area contributed by atoms with Crippen LogP contribution in [0.2, 0.25) is 0 Å². The summed E-state index contributed by atoms with van der Waals surface area (Å²) in [5, 5.41) is 0. The fraction of sp³-hybridized carbons (Fsp3) is 0.467. The lowest BCUT2D eigenvalue weighted by atomic mass is 10.2. The van der Waals surface area contributed by atoms with Crippen molar-refractivity contribution < 1.29 is 13.9 Å². The summed E-state index contributed by atoms with van der Waals surface area (Å²) in [6.07, 6.45) is 0. The van der Waals surface area contributed by atoms with Gasteiger partial charge in [-0.15, -0.1) is 0 Å². The molecule has 0 fully saturated rings. The van der Waals surface area contributed by atoms with Gasteiger partial charge in [0.2, 0.25) is 11.9 Å². The van der Waals surface area contributed by atoms with E-state index in [1.54, 1.807) is 17.9 Å². The van der Waals surface area contributed by atoms with Crippen LogP contribution in [0.3, 0.4) is 0 Å². The topological polar surface area (TPSA) is 111 Å². The van der Waals surface area contributed by atoms with E-state index in [-0.39, 0.29) is 5.95 Å². The first kappa shape index (κ1) is 17.7. The van der Waals surface area contributed by atoms with E-state index in [4.69, 9.17) is 14.9 Å².